The number of benzene rings is 1. The van der Waals surface area contributed by atoms with Crippen LogP contribution in [0.1, 0.15) is 0 Å². The largest absolute Gasteiger partial charge is 0.465 e. The first-order valence-corrected chi connectivity index (χ1v) is 6.32. The van der Waals surface area contributed by atoms with E-state index >= 15 is 0 Å². The van der Waals surface area contributed by atoms with E-state index in [1.165, 1.54) is 0 Å². The third-order valence-corrected chi connectivity index (χ3v) is 2.54. The van der Waals surface area contributed by atoms with E-state index in [0.717, 1.165) is 0 Å². The van der Waals surface area contributed by atoms with Gasteiger partial charge in [-0.1, -0.05) is 18.2 Å². The minimum atomic E-state index is -1.67. The van der Waals surface area contributed by atoms with Crippen molar-refractivity contribution in [1.29, 1.82) is 0 Å². The SMILES string of the molecule is O=C(O)Nc1ccccc1.OCC(O)C(O)C(O)C(O)CO. The molecule has 0 aliphatic carbocycles. The Morgan fingerprint density at radius 1 is 0.909 bits per heavy atom. The number of carboxylic acid groups (broad SMARTS) is 1. The van der Waals surface area contributed by atoms with Crippen molar-refractivity contribution >= 4 is 11.8 Å². The fourth-order valence-electron chi connectivity index (χ4n) is 1.32. The lowest BCUT2D eigenvalue weighted by Gasteiger charge is -2.24. The van der Waals surface area contributed by atoms with Gasteiger partial charge < -0.3 is 35.7 Å². The van der Waals surface area contributed by atoms with Gasteiger partial charge in [-0.05, 0) is 12.1 Å². The molecular formula is C13H21NO8. The first kappa shape index (κ1) is 20.2. The van der Waals surface area contributed by atoms with E-state index in [9.17, 15) is 4.79 Å². The monoisotopic (exact) mass is 319 g/mol. The summed E-state index contributed by atoms with van der Waals surface area (Å²) in [6.07, 6.45) is -7.43. The molecule has 8 N–H and O–H groups in total. The molecule has 9 heteroatoms. The normalized spacial score (nSPS) is 15.7. The Bertz CT molecular complexity index is 402. The standard InChI is InChI=1S/C7H7NO2.C6H14O6/c9-7(10)8-6-4-2-1-3-5-6;7-1-3(9)5(11)6(12)4(10)2-8/h1-5,8H,(H,9,10);3-12H,1-2H2. The van der Waals surface area contributed by atoms with Gasteiger partial charge in [-0.3, -0.25) is 5.32 Å². The van der Waals surface area contributed by atoms with Crippen molar-refractivity contribution in [2.75, 3.05) is 18.5 Å². The van der Waals surface area contributed by atoms with E-state index in [4.69, 9.17) is 35.7 Å². The average molecular weight is 319 g/mol. The van der Waals surface area contributed by atoms with Crippen molar-refractivity contribution in [2.24, 2.45) is 0 Å². The van der Waals surface area contributed by atoms with Crippen LogP contribution >= 0.6 is 0 Å². The summed E-state index contributed by atoms with van der Waals surface area (Å²) in [7, 11) is 0. The van der Waals surface area contributed by atoms with Crippen LogP contribution < -0.4 is 5.32 Å². The molecular weight excluding hydrogens is 298 g/mol. The molecule has 1 rings (SSSR count). The van der Waals surface area contributed by atoms with Gasteiger partial charge in [-0.15, -0.1) is 0 Å². The van der Waals surface area contributed by atoms with Gasteiger partial charge >= 0.3 is 6.09 Å². The van der Waals surface area contributed by atoms with Crippen LogP contribution in [0.4, 0.5) is 10.5 Å². The summed E-state index contributed by atoms with van der Waals surface area (Å²) in [4.78, 5) is 10.1. The van der Waals surface area contributed by atoms with E-state index < -0.39 is 43.7 Å². The number of rotatable bonds is 6. The molecule has 22 heavy (non-hydrogen) atoms. The highest BCUT2D eigenvalue weighted by Gasteiger charge is 2.29. The summed E-state index contributed by atoms with van der Waals surface area (Å²) in [6.45, 7) is -1.45. The first-order valence-electron chi connectivity index (χ1n) is 6.32. The van der Waals surface area contributed by atoms with Crippen molar-refractivity contribution in [3.05, 3.63) is 30.3 Å². The molecule has 0 fully saturated rings. The summed E-state index contributed by atoms with van der Waals surface area (Å²) < 4.78 is 0. The molecule has 126 valence electrons. The highest BCUT2D eigenvalue weighted by molar-refractivity contribution is 5.82. The van der Waals surface area contributed by atoms with E-state index in [1.54, 1.807) is 24.3 Å². The van der Waals surface area contributed by atoms with Gasteiger partial charge in [-0.2, -0.15) is 0 Å². The molecule has 1 aromatic rings. The van der Waals surface area contributed by atoms with Crippen LogP contribution in [0.15, 0.2) is 30.3 Å². The number of para-hydroxylation sites is 1. The van der Waals surface area contributed by atoms with Gasteiger partial charge in [-0.25, -0.2) is 4.79 Å². The highest BCUT2D eigenvalue weighted by atomic mass is 16.4. The molecule has 0 spiro atoms. The number of hydrogen-bond acceptors (Lipinski definition) is 7. The molecule has 0 aliphatic rings. The zero-order valence-corrected chi connectivity index (χ0v) is 11.6. The Hall–Kier alpha value is -1.75. The van der Waals surface area contributed by atoms with Crippen LogP contribution in [-0.2, 0) is 0 Å². The van der Waals surface area contributed by atoms with Crippen molar-refractivity contribution in [2.45, 2.75) is 24.4 Å². The quantitative estimate of drug-likeness (QED) is 0.303. The molecule has 0 heterocycles. The summed E-state index contributed by atoms with van der Waals surface area (Å²) in [5.41, 5.74) is 0.593. The number of hydrogen-bond donors (Lipinski definition) is 8. The zero-order chi connectivity index (χ0) is 17.1. The molecule has 0 bridgehead atoms. The zero-order valence-electron chi connectivity index (χ0n) is 11.6. The van der Waals surface area contributed by atoms with Crippen molar-refractivity contribution in [1.82, 2.24) is 0 Å². The molecule has 0 aromatic heterocycles. The maximum atomic E-state index is 10.1. The maximum absolute atomic E-state index is 10.1. The van der Waals surface area contributed by atoms with Gasteiger partial charge in [0.15, 0.2) is 0 Å². The summed E-state index contributed by atoms with van der Waals surface area (Å²) >= 11 is 0. The molecule has 0 saturated carbocycles. The first-order chi connectivity index (χ1) is 10.3. The topological polar surface area (TPSA) is 171 Å². The van der Waals surface area contributed by atoms with Crippen LogP contribution in [0, 0.1) is 0 Å². The smallest absolute Gasteiger partial charge is 0.409 e. The van der Waals surface area contributed by atoms with Crippen LogP contribution in [0.2, 0.25) is 0 Å². The van der Waals surface area contributed by atoms with E-state index in [1.807, 2.05) is 6.07 Å². The van der Waals surface area contributed by atoms with Crippen molar-refractivity contribution in [3.8, 4) is 0 Å². The van der Waals surface area contributed by atoms with E-state index in [-0.39, 0.29) is 0 Å². The van der Waals surface area contributed by atoms with Gasteiger partial charge in [0.25, 0.3) is 0 Å². The summed E-state index contributed by atoms with van der Waals surface area (Å²) in [5, 5.41) is 62.7. The van der Waals surface area contributed by atoms with Crippen LogP contribution in [0.3, 0.4) is 0 Å². The second-order valence-corrected chi connectivity index (χ2v) is 4.28. The van der Waals surface area contributed by atoms with Gasteiger partial charge in [0.2, 0.25) is 0 Å². The summed E-state index contributed by atoms with van der Waals surface area (Å²) in [5.74, 6) is 0. The number of aliphatic hydroxyl groups excluding tert-OH is 6. The lowest BCUT2D eigenvalue weighted by atomic mass is 10.0. The summed E-state index contributed by atoms with van der Waals surface area (Å²) in [6, 6.07) is 8.74. The third-order valence-electron chi connectivity index (χ3n) is 2.54. The average Bonchev–Trinajstić information content (AvgIpc) is 2.52. The Morgan fingerprint density at radius 3 is 1.64 bits per heavy atom. The highest BCUT2D eigenvalue weighted by Crippen LogP contribution is 2.04. The van der Waals surface area contributed by atoms with E-state index in [2.05, 4.69) is 5.32 Å². The Kier molecular flexibility index (Phi) is 10.0. The van der Waals surface area contributed by atoms with Gasteiger partial charge in [0, 0.05) is 5.69 Å². The fraction of sp³-hybridized carbons (Fsp3) is 0.462. The minimum absolute atomic E-state index is 0.593. The number of amides is 1. The van der Waals surface area contributed by atoms with E-state index in [0.29, 0.717) is 5.69 Å². The Balaban J connectivity index is 0.000000406. The number of nitrogens with one attached hydrogen (secondary N) is 1. The maximum Gasteiger partial charge on any atom is 0.409 e. The second kappa shape index (κ2) is 10.9. The molecule has 1 aromatic carbocycles. The number of anilines is 1. The Labute approximate surface area is 126 Å². The molecule has 9 nitrogen and oxygen atoms in total. The van der Waals surface area contributed by atoms with Gasteiger partial charge in [0.1, 0.15) is 24.4 Å². The lowest BCUT2D eigenvalue weighted by molar-refractivity contribution is -0.123. The molecule has 0 saturated heterocycles. The molecule has 0 aliphatic heterocycles. The predicted octanol–water partition coefficient (Wildman–Crippen LogP) is -1.81. The van der Waals surface area contributed by atoms with Crippen LogP contribution in [-0.4, -0.2) is 79.5 Å². The van der Waals surface area contributed by atoms with Crippen molar-refractivity contribution < 1.29 is 40.5 Å². The van der Waals surface area contributed by atoms with Crippen LogP contribution in [0.25, 0.3) is 0 Å². The molecule has 4 atom stereocenters. The van der Waals surface area contributed by atoms with Gasteiger partial charge in [0.05, 0.1) is 13.2 Å². The lowest BCUT2D eigenvalue weighted by Crippen LogP contribution is -2.46. The Morgan fingerprint density at radius 2 is 1.32 bits per heavy atom. The molecule has 4 unspecified atom stereocenters. The fourth-order valence-corrected chi connectivity index (χ4v) is 1.32. The number of carbonyl (C=O) groups is 1. The minimum Gasteiger partial charge on any atom is -0.465 e. The number of aliphatic hydroxyl groups is 6. The molecule has 1 amide bonds. The third kappa shape index (κ3) is 7.88. The molecule has 0 radical (unpaired) electrons. The van der Waals surface area contributed by atoms with Crippen molar-refractivity contribution in [3.63, 3.8) is 0 Å². The second-order valence-electron chi connectivity index (χ2n) is 4.28. The predicted molar refractivity (Wildman–Crippen MR) is 76.3 cm³/mol. The van der Waals surface area contributed by atoms with Crippen LogP contribution in [0.5, 0.6) is 0 Å².